The van der Waals surface area contributed by atoms with Gasteiger partial charge in [-0.3, -0.25) is 9.59 Å². The molecule has 1 heterocycles. The predicted octanol–water partition coefficient (Wildman–Crippen LogP) is 1.21. The van der Waals surface area contributed by atoms with Crippen LogP contribution in [-0.4, -0.2) is 41.6 Å². The Kier molecular flexibility index (Phi) is 4.41. The molecule has 144 valence electrons. The Hall–Kier alpha value is -1.90. The van der Waals surface area contributed by atoms with Crippen LogP contribution in [0, 0.1) is 23.2 Å². The SMILES string of the molecule is C[C@@H]1[C@H]2C[C@@H](C[C@H]1Nc1cnn(CC(=O)O)c(=O)c1S(C)(=O)=O)C2(C)C. The molecule has 1 aromatic heterocycles. The highest BCUT2D eigenvalue weighted by atomic mass is 32.2. The number of aliphatic carboxylic acids is 1. The Morgan fingerprint density at radius 1 is 1.42 bits per heavy atom. The highest BCUT2D eigenvalue weighted by molar-refractivity contribution is 7.90. The summed E-state index contributed by atoms with van der Waals surface area (Å²) in [4.78, 5) is 22.9. The summed E-state index contributed by atoms with van der Waals surface area (Å²) in [7, 11) is -3.84. The molecule has 3 saturated carbocycles. The van der Waals surface area contributed by atoms with Gasteiger partial charge in [-0.2, -0.15) is 5.10 Å². The minimum atomic E-state index is -3.84. The van der Waals surface area contributed by atoms with E-state index >= 15 is 0 Å². The van der Waals surface area contributed by atoms with Gasteiger partial charge in [0.15, 0.2) is 14.7 Å². The topological polar surface area (TPSA) is 118 Å². The number of nitrogens with one attached hydrogen (secondary N) is 1. The van der Waals surface area contributed by atoms with Gasteiger partial charge in [0.1, 0.15) is 6.54 Å². The molecule has 4 rings (SSSR count). The number of aromatic nitrogens is 2. The van der Waals surface area contributed by atoms with E-state index in [-0.39, 0.29) is 11.7 Å². The predicted molar refractivity (Wildman–Crippen MR) is 95.8 cm³/mol. The molecule has 3 aliphatic rings. The highest BCUT2D eigenvalue weighted by Crippen LogP contribution is 2.61. The summed E-state index contributed by atoms with van der Waals surface area (Å²) in [5.74, 6) is 0.204. The molecule has 0 aromatic carbocycles. The molecule has 0 aliphatic heterocycles. The van der Waals surface area contributed by atoms with Crippen LogP contribution >= 0.6 is 0 Å². The zero-order valence-electron chi connectivity index (χ0n) is 15.4. The van der Waals surface area contributed by atoms with Gasteiger partial charge < -0.3 is 10.4 Å². The van der Waals surface area contributed by atoms with Crippen LogP contribution < -0.4 is 10.9 Å². The summed E-state index contributed by atoms with van der Waals surface area (Å²) in [5.41, 5.74) is -0.454. The van der Waals surface area contributed by atoms with Gasteiger partial charge in [-0.1, -0.05) is 20.8 Å². The minimum absolute atomic E-state index is 0.0591. The molecule has 8 nitrogen and oxygen atoms in total. The molecular weight excluding hydrogens is 358 g/mol. The number of fused-ring (bicyclic) bond motifs is 2. The fourth-order valence-electron chi connectivity index (χ4n) is 4.71. The van der Waals surface area contributed by atoms with E-state index in [1.807, 2.05) is 0 Å². The second kappa shape index (κ2) is 6.07. The van der Waals surface area contributed by atoms with Crippen molar-refractivity contribution in [1.82, 2.24) is 9.78 Å². The normalized spacial score (nSPS) is 29.7. The summed E-state index contributed by atoms with van der Waals surface area (Å²) in [6.45, 7) is 6.02. The van der Waals surface area contributed by atoms with Crippen molar-refractivity contribution in [3.63, 3.8) is 0 Å². The van der Waals surface area contributed by atoms with Gasteiger partial charge in [-0.25, -0.2) is 13.1 Å². The minimum Gasteiger partial charge on any atom is -0.480 e. The molecule has 4 atom stereocenters. The third kappa shape index (κ3) is 3.02. The van der Waals surface area contributed by atoms with E-state index in [2.05, 4.69) is 31.2 Å². The Balaban J connectivity index is 1.95. The molecule has 1 aromatic rings. The Labute approximate surface area is 152 Å². The van der Waals surface area contributed by atoms with E-state index in [1.54, 1.807) is 0 Å². The Morgan fingerprint density at radius 2 is 2.08 bits per heavy atom. The first-order chi connectivity index (χ1) is 11.9. The van der Waals surface area contributed by atoms with Crippen LogP contribution in [0.5, 0.6) is 0 Å². The number of anilines is 1. The van der Waals surface area contributed by atoms with Gasteiger partial charge in [0, 0.05) is 12.3 Å². The molecule has 0 amide bonds. The smallest absolute Gasteiger partial charge is 0.325 e. The summed E-state index contributed by atoms with van der Waals surface area (Å²) in [6, 6.07) is 0.0591. The Morgan fingerprint density at radius 3 is 2.58 bits per heavy atom. The number of hydrogen-bond acceptors (Lipinski definition) is 6. The van der Waals surface area contributed by atoms with Gasteiger partial charge in [0.2, 0.25) is 0 Å². The van der Waals surface area contributed by atoms with Crippen molar-refractivity contribution in [1.29, 1.82) is 0 Å². The lowest BCUT2D eigenvalue weighted by atomic mass is 9.45. The largest absolute Gasteiger partial charge is 0.480 e. The first-order valence-corrected chi connectivity index (χ1v) is 10.6. The van der Waals surface area contributed by atoms with Crippen LogP contribution in [0.15, 0.2) is 15.9 Å². The molecule has 3 fully saturated rings. The van der Waals surface area contributed by atoms with Crippen LogP contribution in [0.1, 0.15) is 33.6 Å². The summed E-state index contributed by atoms with van der Waals surface area (Å²) in [6.07, 6.45) is 4.29. The number of nitrogens with zero attached hydrogens (tertiary/aromatic N) is 2. The monoisotopic (exact) mass is 383 g/mol. The van der Waals surface area contributed by atoms with E-state index in [9.17, 15) is 18.0 Å². The first-order valence-electron chi connectivity index (χ1n) is 8.71. The molecule has 26 heavy (non-hydrogen) atoms. The van der Waals surface area contributed by atoms with E-state index in [4.69, 9.17) is 5.11 Å². The van der Waals surface area contributed by atoms with Crippen molar-refractivity contribution in [2.24, 2.45) is 23.2 Å². The summed E-state index contributed by atoms with van der Waals surface area (Å²) in [5, 5.41) is 15.9. The van der Waals surface area contributed by atoms with E-state index in [0.717, 1.165) is 12.7 Å². The number of carboxylic acids is 1. The zero-order chi connectivity index (χ0) is 19.4. The molecule has 0 saturated heterocycles. The molecule has 3 aliphatic carbocycles. The lowest BCUT2D eigenvalue weighted by Gasteiger charge is -2.62. The average Bonchev–Trinajstić information content (AvgIpc) is 2.49. The van der Waals surface area contributed by atoms with E-state index < -0.39 is 32.8 Å². The summed E-state index contributed by atoms with van der Waals surface area (Å²) < 4.78 is 25.0. The zero-order valence-corrected chi connectivity index (χ0v) is 16.2. The second-order valence-electron chi connectivity index (χ2n) is 8.22. The van der Waals surface area contributed by atoms with Crippen molar-refractivity contribution < 1.29 is 18.3 Å². The fraction of sp³-hybridized carbons (Fsp3) is 0.706. The maximum atomic E-state index is 12.5. The van der Waals surface area contributed by atoms with E-state index in [0.29, 0.717) is 27.9 Å². The number of carboxylic acid groups (broad SMARTS) is 1. The van der Waals surface area contributed by atoms with Gasteiger partial charge in [-0.15, -0.1) is 0 Å². The van der Waals surface area contributed by atoms with Crippen LogP contribution in [0.3, 0.4) is 0 Å². The maximum Gasteiger partial charge on any atom is 0.325 e. The van der Waals surface area contributed by atoms with E-state index in [1.165, 1.54) is 12.6 Å². The highest BCUT2D eigenvalue weighted by Gasteiger charge is 2.56. The molecule has 0 unspecified atom stereocenters. The van der Waals surface area contributed by atoms with Gasteiger partial charge in [0.05, 0.1) is 11.9 Å². The maximum absolute atomic E-state index is 12.5. The van der Waals surface area contributed by atoms with Crippen molar-refractivity contribution in [3.05, 3.63) is 16.6 Å². The lowest BCUT2D eigenvalue weighted by molar-refractivity contribution is -0.138. The molecule has 2 bridgehead atoms. The molecular formula is C17H25N3O5S. The third-order valence-corrected chi connectivity index (χ3v) is 7.49. The molecule has 9 heteroatoms. The van der Waals surface area contributed by atoms with Gasteiger partial charge in [-0.05, 0) is 36.0 Å². The lowest BCUT2D eigenvalue weighted by Crippen LogP contribution is -2.58. The van der Waals surface area contributed by atoms with Crippen molar-refractivity contribution in [2.75, 3.05) is 11.6 Å². The van der Waals surface area contributed by atoms with Crippen LogP contribution in [0.2, 0.25) is 0 Å². The van der Waals surface area contributed by atoms with Crippen LogP contribution in [0.4, 0.5) is 5.69 Å². The average molecular weight is 383 g/mol. The van der Waals surface area contributed by atoms with Crippen molar-refractivity contribution in [2.45, 2.75) is 51.1 Å². The molecule has 2 N–H and O–H groups in total. The molecule has 0 spiro atoms. The standard InChI is InChI=1S/C17H25N3O5S/c1-9-11-5-10(17(11,2)3)6-12(9)19-13-7-18-20(8-14(21)22)16(23)15(13)26(4,24)25/h7,9-12,19H,5-6,8H2,1-4H3,(H,21,22)/t9-,10+,11-,12-/m1/s1. The van der Waals surface area contributed by atoms with Crippen molar-refractivity contribution in [3.8, 4) is 0 Å². The number of rotatable bonds is 5. The van der Waals surface area contributed by atoms with Crippen LogP contribution in [0.25, 0.3) is 0 Å². The summed E-state index contributed by atoms with van der Waals surface area (Å²) >= 11 is 0. The Bertz CT molecular complexity index is 905. The van der Waals surface area contributed by atoms with Gasteiger partial charge >= 0.3 is 5.97 Å². The number of hydrogen-bond donors (Lipinski definition) is 2. The number of sulfone groups is 1. The molecule has 0 radical (unpaired) electrons. The third-order valence-electron chi connectivity index (χ3n) is 6.35. The van der Waals surface area contributed by atoms with Crippen LogP contribution in [-0.2, 0) is 21.2 Å². The van der Waals surface area contributed by atoms with Crippen molar-refractivity contribution >= 4 is 21.5 Å². The second-order valence-corrected chi connectivity index (χ2v) is 10.2. The fourth-order valence-corrected chi connectivity index (χ4v) is 5.65. The van der Waals surface area contributed by atoms with Gasteiger partial charge in [0.25, 0.3) is 5.56 Å². The quantitative estimate of drug-likeness (QED) is 0.784. The number of carbonyl (C=O) groups is 1. The first kappa shape index (κ1) is 18.9.